The Bertz CT molecular complexity index is 730. The molecule has 0 radical (unpaired) electrons. The van der Waals surface area contributed by atoms with Crippen molar-refractivity contribution in [1.29, 1.82) is 0 Å². The van der Waals surface area contributed by atoms with Crippen LogP contribution < -0.4 is 10.2 Å². The van der Waals surface area contributed by atoms with Crippen LogP contribution in [0.2, 0.25) is 0 Å². The van der Waals surface area contributed by atoms with Crippen molar-refractivity contribution in [1.82, 2.24) is 24.7 Å². The molecular weight excluding hydrogens is 254 g/mol. The van der Waals surface area contributed by atoms with Gasteiger partial charge in [-0.2, -0.15) is 5.10 Å². The molecule has 0 bridgehead atoms. The lowest BCUT2D eigenvalue weighted by Gasteiger charge is -2.12. The van der Waals surface area contributed by atoms with E-state index in [1.165, 1.54) is 6.33 Å². The van der Waals surface area contributed by atoms with Crippen LogP contribution in [0, 0.1) is 0 Å². The van der Waals surface area contributed by atoms with E-state index in [4.69, 9.17) is 0 Å². The zero-order chi connectivity index (χ0) is 14.1. The van der Waals surface area contributed by atoms with Crippen LogP contribution in [0.15, 0.2) is 30.9 Å². The van der Waals surface area contributed by atoms with Crippen molar-refractivity contribution in [3.63, 3.8) is 0 Å². The first-order chi connectivity index (χ1) is 9.65. The molecule has 0 saturated carbocycles. The minimum absolute atomic E-state index is 0.725. The molecule has 0 atom stereocenters. The molecule has 0 spiro atoms. The molecule has 0 saturated heterocycles. The number of aromatic nitrogens is 5. The number of hydrogen-bond donors (Lipinski definition) is 1. The molecule has 3 aromatic heterocycles. The summed E-state index contributed by atoms with van der Waals surface area (Å²) in [6, 6.07) is 3.91. The van der Waals surface area contributed by atoms with E-state index in [9.17, 15) is 0 Å². The number of nitrogens with one attached hydrogen (secondary N) is 1. The fourth-order valence-corrected chi connectivity index (χ4v) is 1.92. The molecule has 7 nitrogen and oxygen atoms in total. The van der Waals surface area contributed by atoms with E-state index in [1.807, 2.05) is 38.2 Å². The van der Waals surface area contributed by atoms with E-state index >= 15 is 0 Å². The molecular formula is C13H15N7. The molecule has 0 fully saturated rings. The molecule has 102 valence electrons. The van der Waals surface area contributed by atoms with Gasteiger partial charge >= 0.3 is 0 Å². The van der Waals surface area contributed by atoms with Crippen LogP contribution in [0.3, 0.4) is 0 Å². The average Bonchev–Trinajstić information content (AvgIpc) is 2.82. The van der Waals surface area contributed by atoms with Gasteiger partial charge in [-0.05, 0) is 12.1 Å². The lowest BCUT2D eigenvalue weighted by molar-refractivity contribution is 0.785. The summed E-state index contributed by atoms with van der Waals surface area (Å²) in [7, 11) is 5.77. The minimum atomic E-state index is 0.725. The zero-order valence-corrected chi connectivity index (χ0v) is 11.6. The van der Waals surface area contributed by atoms with Gasteiger partial charge in [-0.15, -0.1) is 0 Å². The normalized spacial score (nSPS) is 10.8. The van der Waals surface area contributed by atoms with Crippen molar-refractivity contribution < 1.29 is 0 Å². The summed E-state index contributed by atoms with van der Waals surface area (Å²) in [5, 5.41) is 8.31. The Labute approximate surface area is 116 Å². The molecule has 7 heteroatoms. The van der Waals surface area contributed by atoms with Crippen LogP contribution in [-0.2, 0) is 7.05 Å². The SMILES string of the molecule is CN(C)c1ccc(Nc2ncnc3c2cnn3C)cn1. The summed E-state index contributed by atoms with van der Waals surface area (Å²) in [5.41, 5.74) is 1.67. The van der Waals surface area contributed by atoms with Gasteiger partial charge in [0.1, 0.15) is 18.0 Å². The Hall–Kier alpha value is -2.70. The van der Waals surface area contributed by atoms with Crippen molar-refractivity contribution in [2.75, 3.05) is 24.3 Å². The van der Waals surface area contributed by atoms with E-state index in [2.05, 4.69) is 25.4 Å². The highest BCUT2D eigenvalue weighted by Crippen LogP contribution is 2.22. The Morgan fingerprint density at radius 1 is 1.10 bits per heavy atom. The number of aryl methyl sites for hydroxylation is 1. The lowest BCUT2D eigenvalue weighted by Crippen LogP contribution is -2.10. The molecule has 0 aliphatic heterocycles. The monoisotopic (exact) mass is 269 g/mol. The number of pyridine rings is 1. The van der Waals surface area contributed by atoms with E-state index in [-0.39, 0.29) is 0 Å². The topological polar surface area (TPSA) is 71.8 Å². The van der Waals surface area contributed by atoms with Crippen LogP contribution in [-0.4, -0.2) is 38.8 Å². The van der Waals surface area contributed by atoms with Gasteiger partial charge in [0.05, 0.1) is 23.5 Å². The number of hydrogen-bond acceptors (Lipinski definition) is 6. The maximum absolute atomic E-state index is 4.36. The van der Waals surface area contributed by atoms with Crippen LogP contribution >= 0.6 is 0 Å². The summed E-state index contributed by atoms with van der Waals surface area (Å²) in [6.45, 7) is 0. The van der Waals surface area contributed by atoms with Gasteiger partial charge in [0, 0.05) is 21.1 Å². The predicted molar refractivity (Wildman–Crippen MR) is 78.2 cm³/mol. The standard InChI is InChI=1S/C13H15N7/c1-19(2)11-5-4-9(6-14-11)18-12-10-7-17-20(3)13(10)16-8-15-12/h4-8H,1-3H3,(H,15,16,18). The van der Waals surface area contributed by atoms with Crippen LogP contribution in [0.5, 0.6) is 0 Å². The highest BCUT2D eigenvalue weighted by molar-refractivity contribution is 5.88. The first-order valence-corrected chi connectivity index (χ1v) is 6.18. The molecule has 0 aromatic carbocycles. The predicted octanol–water partition coefficient (Wildman–Crippen LogP) is 1.57. The molecule has 0 aliphatic rings. The molecule has 20 heavy (non-hydrogen) atoms. The fourth-order valence-electron chi connectivity index (χ4n) is 1.92. The van der Waals surface area contributed by atoms with E-state index in [0.29, 0.717) is 0 Å². The summed E-state index contributed by atoms with van der Waals surface area (Å²) < 4.78 is 1.72. The number of rotatable bonds is 3. The Balaban J connectivity index is 1.93. The van der Waals surface area contributed by atoms with E-state index in [0.717, 1.165) is 28.4 Å². The van der Waals surface area contributed by atoms with Crippen LogP contribution in [0.4, 0.5) is 17.3 Å². The highest BCUT2D eigenvalue weighted by Gasteiger charge is 2.08. The first-order valence-electron chi connectivity index (χ1n) is 6.18. The molecule has 3 aromatic rings. The quantitative estimate of drug-likeness (QED) is 0.778. The summed E-state index contributed by atoms with van der Waals surface area (Å²) >= 11 is 0. The summed E-state index contributed by atoms with van der Waals surface area (Å²) in [4.78, 5) is 14.8. The second-order valence-corrected chi connectivity index (χ2v) is 4.65. The van der Waals surface area contributed by atoms with Crippen molar-refractivity contribution >= 4 is 28.4 Å². The average molecular weight is 269 g/mol. The Kier molecular flexibility index (Phi) is 2.94. The Morgan fingerprint density at radius 2 is 1.95 bits per heavy atom. The third-order valence-electron chi connectivity index (χ3n) is 3.00. The van der Waals surface area contributed by atoms with Gasteiger partial charge < -0.3 is 10.2 Å². The van der Waals surface area contributed by atoms with Gasteiger partial charge in [-0.25, -0.2) is 15.0 Å². The Morgan fingerprint density at radius 3 is 2.65 bits per heavy atom. The van der Waals surface area contributed by atoms with Gasteiger partial charge in [0.25, 0.3) is 0 Å². The van der Waals surface area contributed by atoms with Crippen molar-refractivity contribution in [3.05, 3.63) is 30.9 Å². The molecule has 3 rings (SSSR count). The second kappa shape index (κ2) is 4.76. The van der Waals surface area contributed by atoms with Crippen molar-refractivity contribution in [3.8, 4) is 0 Å². The highest BCUT2D eigenvalue weighted by atomic mass is 15.3. The van der Waals surface area contributed by atoms with E-state index in [1.54, 1.807) is 17.1 Å². The smallest absolute Gasteiger partial charge is 0.163 e. The number of nitrogens with zero attached hydrogens (tertiary/aromatic N) is 6. The first kappa shape index (κ1) is 12.3. The van der Waals surface area contributed by atoms with Gasteiger partial charge in [0.2, 0.25) is 0 Å². The maximum atomic E-state index is 4.36. The number of anilines is 3. The molecule has 0 amide bonds. The zero-order valence-electron chi connectivity index (χ0n) is 11.6. The molecule has 0 unspecified atom stereocenters. The molecule has 3 heterocycles. The van der Waals surface area contributed by atoms with Crippen LogP contribution in [0.25, 0.3) is 11.0 Å². The second-order valence-electron chi connectivity index (χ2n) is 4.65. The van der Waals surface area contributed by atoms with E-state index < -0.39 is 0 Å². The lowest BCUT2D eigenvalue weighted by atomic mass is 10.3. The largest absolute Gasteiger partial charge is 0.363 e. The third-order valence-corrected chi connectivity index (χ3v) is 3.00. The van der Waals surface area contributed by atoms with Gasteiger partial charge in [-0.1, -0.05) is 0 Å². The van der Waals surface area contributed by atoms with Crippen molar-refractivity contribution in [2.45, 2.75) is 0 Å². The minimum Gasteiger partial charge on any atom is -0.363 e. The van der Waals surface area contributed by atoms with Gasteiger partial charge in [0.15, 0.2) is 5.65 Å². The van der Waals surface area contributed by atoms with Crippen molar-refractivity contribution in [2.24, 2.45) is 7.05 Å². The maximum Gasteiger partial charge on any atom is 0.163 e. The molecule has 1 N–H and O–H groups in total. The summed E-state index contributed by atoms with van der Waals surface area (Å²) in [6.07, 6.45) is 5.05. The summed E-state index contributed by atoms with van der Waals surface area (Å²) in [5.74, 6) is 1.63. The fraction of sp³-hybridized carbons (Fsp3) is 0.231. The van der Waals surface area contributed by atoms with Gasteiger partial charge in [-0.3, -0.25) is 4.68 Å². The molecule has 0 aliphatic carbocycles. The van der Waals surface area contributed by atoms with Crippen LogP contribution in [0.1, 0.15) is 0 Å². The number of fused-ring (bicyclic) bond motifs is 1. The third kappa shape index (κ3) is 2.13.